The summed E-state index contributed by atoms with van der Waals surface area (Å²) in [5, 5.41) is 5.44. The molecule has 2 aliphatic rings. The summed E-state index contributed by atoms with van der Waals surface area (Å²) >= 11 is 0. The predicted molar refractivity (Wildman–Crippen MR) is 79.6 cm³/mol. The van der Waals surface area contributed by atoms with Crippen molar-refractivity contribution in [3.63, 3.8) is 0 Å². The Bertz CT molecular complexity index is 464. The van der Waals surface area contributed by atoms with E-state index in [1.54, 1.807) is 6.92 Å². The molecule has 1 aliphatic carbocycles. The van der Waals surface area contributed by atoms with Gasteiger partial charge in [0.2, 0.25) is 11.8 Å². The Kier molecular flexibility index (Phi) is 5.05. The number of nitrogens with two attached hydrogens (primary N) is 1. The van der Waals surface area contributed by atoms with Gasteiger partial charge < -0.3 is 21.1 Å². The van der Waals surface area contributed by atoms with Crippen LogP contribution in [0.15, 0.2) is 0 Å². The van der Waals surface area contributed by atoms with Crippen LogP contribution in [0.4, 0.5) is 0 Å². The van der Waals surface area contributed by atoms with E-state index in [0.29, 0.717) is 25.3 Å². The lowest BCUT2D eigenvalue weighted by Gasteiger charge is -2.30. The van der Waals surface area contributed by atoms with E-state index in [2.05, 4.69) is 10.6 Å². The normalized spacial score (nSPS) is 25.0. The molecule has 22 heavy (non-hydrogen) atoms. The Labute approximate surface area is 130 Å². The average molecular weight is 311 g/mol. The van der Waals surface area contributed by atoms with E-state index < -0.39 is 17.6 Å². The highest BCUT2D eigenvalue weighted by molar-refractivity contribution is 5.91. The van der Waals surface area contributed by atoms with Crippen LogP contribution < -0.4 is 16.4 Å². The molecule has 7 nitrogen and oxygen atoms in total. The molecule has 2 fully saturated rings. The maximum atomic E-state index is 12.3. The summed E-state index contributed by atoms with van der Waals surface area (Å²) in [5.74, 6) is -0.793. The van der Waals surface area contributed by atoms with Gasteiger partial charge in [-0.3, -0.25) is 9.59 Å². The van der Waals surface area contributed by atoms with Crippen LogP contribution in [0.25, 0.3) is 0 Å². The lowest BCUT2D eigenvalue weighted by Crippen LogP contribution is -2.58. The molecule has 4 N–H and O–H groups in total. The molecular formula is C15H25N3O4. The highest BCUT2D eigenvalue weighted by atomic mass is 16.5. The fourth-order valence-electron chi connectivity index (χ4n) is 2.93. The molecule has 0 radical (unpaired) electrons. The molecule has 1 saturated carbocycles. The summed E-state index contributed by atoms with van der Waals surface area (Å²) < 4.78 is 4.81. The van der Waals surface area contributed by atoms with Crippen LogP contribution in [0.1, 0.15) is 39.0 Å². The number of carbonyl (C=O) groups excluding carboxylic acids is 3. The Morgan fingerprint density at radius 2 is 2.14 bits per heavy atom. The van der Waals surface area contributed by atoms with Crippen LogP contribution in [0.5, 0.6) is 0 Å². The topological polar surface area (TPSA) is 111 Å². The van der Waals surface area contributed by atoms with Gasteiger partial charge in [0, 0.05) is 12.5 Å². The number of hydrogen-bond donors (Lipinski definition) is 3. The number of nitrogens with one attached hydrogen (secondary N) is 2. The Morgan fingerprint density at radius 1 is 1.45 bits per heavy atom. The van der Waals surface area contributed by atoms with Crippen LogP contribution in [0.3, 0.4) is 0 Å². The number of amides is 2. The van der Waals surface area contributed by atoms with Gasteiger partial charge in [-0.25, -0.2) is 4.79 Å². The third kappa shape index (κ3) is 3.97. The first kappa shape index (κ1) is 16.7. The van der Waals surface area contributed by atoms with Crippen molar-refractivity contribution in [3.8, 4) is 0 Å². The van der Waals surface area contributed by atoms with Gasteiger partial charge in [-0.15, -0.1) is 0 Å². The van der Waals surface area contributed by atoms with Gasteiger partial charge in [0.1, 0.15) is 5.54 Å². The number of carbonyl (C=O) groups is 3. The number of hydrogen-bond acceptors (Lipinski definition) is 5. The van der Waals surface area contributed by atoms with Crippen LogP contribution >= 0.6 is 0 Å². The van der Waals surface area contributed by atoms with Gasteiger partial charge in [-0.1, -0.05) is 12.8 Å². The molecule has 1 unspecified atom stereocenters. The fourth-order valence-corrected chi connectivity index (χ4v) is 2.93. The van der Waals surface area contributed by atoms with Gasteiger partial charge in [0.15, 0.2) is 0 Å². The zero-order chi connectivity index (χ0) is 16.3. The molecular weight excluding hydrogens is 286 g/mol. The summed E-state index contributed by atoms with van der Waals surface area (Å²) in [5.41, 5.74) is 4.66. The lowest BCUT2D eigenvalue weighted by atomic mass is 9.87. The third-order valence-electron chi connectivity index (χ3n) is 4.47. The van der Waals surface area contributed by atoms with E-state index in [0.717, 1.165) is 12.8 Å². The molecule has 1 heterocycles. The second-order valence-electron chi connectivity index (χ2n) is 6.58. The number of esters is 1. The standard InChI is InChI=1S/C15H25N3O4/c1-15(14(21)22-2,8-10-5-6-17-12(10)19)18-13(20)11(16)7-9-3-4-9/h9-11H,3-8,16H2,1-2H3,(H,17,19)(H,18,20)/t10?,11-,15-/m0/s1. The molecule has 2 amide bonds. The highest BCUT2D eigenvalue weighted by Crippen LogP contribution is 2.33. The Balaban J connectivity index is 2.01. The molecule has 1 aliphatic heterocycles. The first-order chi connectivity index (χ1) is 10.4. The van der Waals surface area contributed by atoms with Crippen molar-refractivity contribution in [2.45, 2.75) is 50.6 Å². The second-order valence-corrected chi connectivity index (χ2v) is 6.58. The molecule has 3 atom stereocenters. The van der Waals surface area contributed by atoms with E-state index in [-0.39, 0.29) is 24.2 Å². The number of ether oxygens (including phenoxy) is 1. The van der Waals surface area contributed by atoms with Crippen molar-refractivity contribution in [2.75, 3.05) is 13.7 Å². The summed E-state index contributed by atoms with van der Waals surface area (Å²) in [6.07, 6.45) is 3.71. The zero-order valence-electron chi connectivity index (χ0n) is 13.2. The Hall–Kier alpha value is -1.63. The molecule has 1 saturated heterocycles. The van der Waals surface area contributed by atoms with Crippen molar-refractivity contribution in [3.05, 3.63) is 0 Å². The molecule has 7 heteroatoms. The second kappa shape index (κ2) is 6.64. The van der Waals surface area contributed by atoms with Gasteiger partial charge in [-0.05, 0) is 32.1 Å². The van der Waals surface area contributed by atoms with Crippen LogP contribution in [-0.2, 0) is 19.1 Å². The maximum absolute atomic E-state index is 12.3. The van der Waals surface area contributed by atoms with E-state index in [1.165, 1.54) is 7.11 Å². The number of methoxy groups -OCH3 is 1. The smallest absolute Gasteiger partial charge is 0.331 e. The molecule has 0 aromatic carbocycles. The summed E-state index contributed by atoms with van der Waals surface area (Å²) in [6.45, 7) is 2.18. The molecule has 124 valence electrons. The first-order valence-electron chi connectivity index (χ1n) is 7.79. The molecule has 0 aromatic heterocycles. The predicted octanol–water partition coefficient (Wildman–Crippen LogP) is -0.312. The van der Waals surface area contributed by atoms with Gasteiger partial charge >= 0.3 is 5.97 Å². The monoisotopic (exact) mass is 311 g/mol. The quantitative estimate of drug-likeness (QED) is 0.559. The SMILES string of the molecule is COC(=O)[C@](C)(CC1CCNC1=O)NC(=O)[C@@H](N)CC1CC1. The van der Waals surface area contributed by atoms with Crippen molar-refractivity contribution in [2.24, 2.45) is 17.6 Å². The largest absolute Gasteiger partial charge is 0.467 e. The summed E-state index contributed by atoms with van der Waals surface area (Å²) in [4.78, 5) is 36.1. The molecule has 0 bridgehead atoms. The third-order valence-corrected chi connectivity index (χ3v) is 4.47. The fraction of sp³-hybridized carbons (Fsp3) is 0.800. The maximum Gasteiger partial charge on any atom is 0.331 e. The van der Waals surface area contributed by atoms with Crippen LogP contribution in [-0.4, -0.2) is 43.0 Å². The highest BCUT2D eigenvalue weighted by Gasteiger charge is 2.42. The molecule has 2 rings (SSSR count). The molecule has 0 spiro atoms. The van der Waals surface area contributed by atoms with E-state index in [4.69, 9.17) is 10.5 Å². The number of rotatable bonds is 7. The lowest BCUT2D eigenvalue weighted by molar-refractivity contribution is -0.151. The van der Waals surface area contributed by atoms with Gasteiger partial charge in [-0.2, -0.15) is 0 Å². The first-order valence-corrected chi connectivity index (χ1v) is 7.79. The van der Waals surface area contributed by atoms with Crippen molar-refractivity contribution < 1.29 is 19.1 Å². The molecule has 0 aromatic rings. The van der Waals surface area contributed by atoms with Crippen molar-refractivity contribution in [1.29, 1.82) is 0 Å². The van der Waals surface area contributed by atoms with Crippen LogP contribution in [0, 0.1) is 11.8 Å². The van der Waals surface area contributed by atoms with Crippen molar-refractivity contribution in [1.82, 2.24) is 10.6 Å². The summed E-state index contributed by atoms with van der Waals surface area (Å²) in [6, 6.07) is -0.631. The minimum Gasteiger partial charge on any atom is -0.467 e. The van der Waals surface area contributed by atoms with Gasteiger partial charge in [0.05, 0.1) is 13.2 Å². The van der Waals surface area contributed by atoms with E-state index >= 15 is 0 Å². The Morgan fingerprint density at radius 3 is 2.64 bits per heavy atom. The summed E-state index contributed by atoms with van der Waals surface area (Å²) in [7, 11) is 1.27. The van der Waals surface area contributed by atoms with Crippen LogP contribution in [0.2, 0.25) is 0 Å². The van der Waals surface area contributed by atoms with E-state index in [9.17, 15) is 14.4 Å². The minimum atomic E-state index is -1.24. The zero-order valence-corrected chi connectivity index (χ0v) is 13.2. The van der Waals surface area contributed by atoms with Crippen molar-refractivity contribution >= 4 is 17.8 Å². The average Bonchev–Trinajstić information content (AvgIpc) is 3.20. The minimum absolute atomic E-state index is 0.0911. The van der Waals surface area contributed by atoms with Gasteiger partial charge in [0.25, 0.3) is 0 Å². The van der Waals surface area contributed by atoms with E-state index in [1.807, 2.05) is 0 Å².